The molecule has 10 nitrogen and oxygen atoms in total. The largest absolute Gasteiger partial charge is 0.466 e. The molecule has 2 rings (SSSR count). The van der Waals surface area contributed by atoms with Crippen molar-refractivity contribution in [3.63, 3.8) is 0 Å². The van der Waals surface area contributed by atoms with Gasteiger partial charge in [0.25, 0.3) is 0 Å². The van der Waals surface area contributed by atoms with Crippen molar-refractivity contribution in [3.8, 4) is 0 Å². The molecule has 0 amide bonds. The van der Waals surface area contributed by atoms with Crippen LogP contribution in [0, 0.1) is 0 Å². The lowest BCUT2D eigenvalue weighted by molar-refractivity contribution is -0.551. The van der Waals surface area contributed by atoms with Crippen LogP contribution in [0.15, 0.2) is 0 Å². The van der Waals surface area contributed by atoms with E-state index in [4.69, 9.17) is 38.8 Å². The van der Waals surface area contributed by atoms with Gasteiger partial charge in [-0.1, -0.05) is 6.42 Å². The minimum Gasteiger partial charge on any atom is -0.466 e. The van der Waals surface area contributed by atoms with Gasteiger partial charge < -0.3 is 9.47 Å². The zero-order valence-electron chi connectivity index (χ0n) is 18.4. The second kappa shape index (κ2) is 11.4. The lowest BCUT2D eigenvalue weighted by Gasteiger charge is -2.35. The van der Waals surface area contributed by atoms with Crippen molar-refractivity contribution >= 4 is 11.9 Å². The fourth-order valence-electron chi connectivity index (χ4n) is 3.09. The molecule has 174 valence electrons. The Morgan fingerprint density at radius 3 is 1.50 bits per heavy atom. The van der Waals surface area contributed by atoms with E-state index in [1.54, 1.807) is 27.7 Å². The smallest absolute Gasteiger partial charge is 0.305 e. The summed E-state index contributed by atoms with van der Waals surface area (Å²) in [6.07, 6.45) is 4.16. The monoisotopic (exact) mass is 434 g/mol. The van der Waals surface area contributed by atoms with Crippen LogP contribution < -0.4 is 0 Å². The molecule has 0 N–H and O–H groups in total. The van der Waals surface area contributed by atoms with E-state index in [1.165, 1.54) is 0 Å². The zero-order valence-corrected chi connectivity index (χ0v) is 18.4. The maximum atomic E-state index is 11.8. The van der Waals surface area contributed by atoms with E-state index in [9.17, 15) is 9.59 Å². The highest BCUT2D eigenvalue weighted by Crippen LogP contribution is 2.39. The van der Waals surface area contributed by atoms with Gasteiger partial charge in [0.2, 0.25) is 17.4 Å². The lowest BCUT2D eigenvalue weighted by Crippen LogP contribution is -2.42. The molecule has 0 aromatic rings. The third kappa shape index (κ3) is 7.75. The molecule has 0 radical (unpaired) electrons. The maximum absolute atomic E-state index is 11.8. The Labute approximate surface area is 177 Å². The van der Waals surface area contributed by atoms with E-state index in [0.717, 1.165) is 19.3 Å². The van der Waals surface area contributed by atoms with Crippen molar-refractivity contribution in [2.24, 2.45) is 0 Å². The fraction of sp³-hybridized carbons (Fsp3) is 0.900. The van der Waals surface area contributed by atoms with Gasteiger partial charge in [0.1, 0.15) is 0 Å². The Kier molecular flexibility index (Phi) is 9.45. The van der Waals surface area contributed by atoms with Crippen molar-refractivity contribution < 1.29 is 48.4 Å². The van der Waals surface area contributed by atoms with Crippen LogP contribution in [0.1, 0.15) is 85.5 Å². The third-order valence-electron chi connectivity index (χ3n) is 4.93. The molecule has 2 aliphatic rings. The van der Waals surface area contributed by atoms with Crippen LogP contribution in [0.4, 0.5) is 0 Å². The molecule has 0 aromatic carbocycles. The number of ether oxygens (including phenoxy) is 2. The molecule has 2 unspecified atom stereocenters. The van der Waals surface area contributed by atoms with Crippen molar-refractivity contribution in [1.82, 2.24) is 0 Å². The topological polar surface area (TPSA) is 108 Å². The number of hydrogen-bond acceptors (Lipinski definition) is 10. The molecule has 0 bridgehead atoms. The normalized spacial score (nSPS) is 29.5. The molecule has 30 heavy (non-hydrogen) atoms. The van der Waals surface area contributed by atoms with Crippen LogP contribution >= 0.6 is 0 Å². The Morgan fingerprint density at radius 2 is 1.10 bits per heavy atom. The van der Waals surface area contributed by atoms with Crippen molar-refractivity contribution in [2.75, 3.05) is 13.2 Å². The molecule has 2 fully saturated rings. The molecular formula is C20H34O10. The van der Waals surface area contributed by atoms with Crippen LogP contribution in [0.2, 0.25) is 0 Å². The summed E-state index contributed by atoms with van der Waals surface area (Å²) in [5.41, 5.74) is 0. The summed E-state index contributed by atoms with van der Waals surface area (Å²) >= 11 is 0. The maximum Gasteiger partial charge on any atom is 0.305 e. The summed E-state index contributed by atoms with van der Waals surface area (Å²) in [6, 6.07) is 0. The van der Waals surface area contributed by atoms with Gasteiger partial charge in [0, 0.05) is 25.7 Å². The van der Waals surface area contributed by atoms with Crippen molar-refractivity contribution in [2.45, 2.75) is 103 Å². The second-order valence-electron chi connectivity index (χ2n) is 7.85. The predicted molar refractivity (Wildman–Crippen MR) is 101 cm³/mol. The number of carbonyl (C=O) groups excluding carboxylic acids is 2. The van der Waals surface area contributed by atoms with Gasteiger partial charge in [-0.05, 0) is 40.5 Å². The Balaban J connectivity index is 2.12. The SMILES string of the molecule is CCOC(=O)CCC1(C)OOC(C)(CCC(=O)OCC)OOC2(CCCCC2)OO1. The van der Waals surface area contributed by atoms with E-state index in [1.807, 2.05) is 0 Å². The van der Waals surface area contributed by atoms with E-state index in [2.05, 4.69) is 0 Å². The molecule has 10 heteroatoms. The van der Waals surface area contributed by atoms with Crippen LogP contribution in [0.5, 0.6) is 0 Å². The Morgan fingerprint density at radius 1 is 0.700 bits per heavy atom. The summed E-state index contributed by atoms with van der Waals surface area (Å²) in [6.45, 7) is 7.19. The summed E-state index contributed by atoms with van der Waals surface area (Å²) in [7, 11) is 0. The number of esters is 2. The summed E-state index contributed by atoms with van der Waals surface area (Å²) in [4.78, 5) is 57.1. The predicted octanol–water partition coefficient (Wildman–Crippen LogP) is 3.62. The van der Waals surface area contributed by atoms with Crippen molar-refractivity contribution in [1.29, 1.82) is 0 Å². The highest BCUT2D eigenvalue weighted by molar-refractivity contribution is 5.69. The summed E-state index contributed by atoms with van der Waals surface area (Å²) < 4.78 is 9.93. The van der Waals surface area contributed by atoms with E-state index in [0.29, 0.717) is 12.8 Å². The van der Waals surface area contributed by atoms with E-state index >= 15 is 0 Å². The third-order valence-corrected chi connectivity index (χ3v) is 4.93. The first-order valence-electron chi connectivity index (χ1n) is 10.7. The highest BCUT2D eigenvalue weighted by atomic mass is 17.4. The highest BCUT2D eigenvalue weighted by Gasteiger charge is 2.46. The van der Waals surface area contributed by atoms with Crippen LogP contribution in [-0.2, 0) is 48.4 Å². The van der Waals surface area contributed by atoms with Gasteiger partial charge in [0.05, 0.1) is 26.1 Å². The minimum atomic E-state index is -1.43. The first-order chi connectivity index (χ1) is 14.2. The summed E-state index contributed by atoms with van der Waals surface area (Å²) in [5, 5.41) is 0. The standard InChI is InChI=1S/C20H34O10/c1-5-23-16(21)10-14-18(3)25-26-19(4,15-11-17(22)24-6-2)28-30-20(29-27-18)12-8-7-9-13-20/h5-15H2,1-4H3. The molecular weight excluding hydrogens is 400 g/mol. The van der Waals surface area contributed by atoms with Gasteiger partial charge in [-0.15, -0.1) is 0 Å². The first-order valence-corrected chi connectivity index (χ1v) is 10.7. The zero-order chi connectivity index (χ0) is 22.1. The van der Waals surface area contributed by atoms with Crippen LogP contribution in [0.25, 0.3) is 0 Å². The fourth-order valence-corrected chi connectivity index (χ4v) is 3.09. The first kappa shape index (κ1) is 25.0. The number of carbonyl (C=O) groups is 2. The Hall–Kier alpha value is -1.30. The number of hydrogen-bond donors (Lipinski definition) is 0. The van der Waals surface area contributed by atoms with E-state index < -0.39 is 29.3 Å². The van der Waals surface area contributed by atoms with Gasteiger partial charge in [-0.2, -0.15) is 29.3 Å². The second-order valence-corrected chi connectivity index (χ2v) is 7.85. The van der Waals surface area contributed by atoms with Crippen LogP contribution in [-0.4, -0.2) is 42.5 Å². The molecule has 1 saturated heterocycles. The van der Waals surface area contributed by atoms with Gasteiger partial charge >= 0.3 is 11.9 Å². The molecule has 1 aliphatic carbocycles. The van der Waals surface area contributed by atoms with Gasteiger partial charge in [0.15, 0.2) is 0 Å². The average molecular weight is 434 g/mol. The number of rotatable bonds is 8. The Bertz CT molecular complexity index is 520. The molecule has 1 heterocycles. The van der Waals surface area contributed by atoms with Crippen LogP contribution in [0.3, 0.4) is 0 Å². The molecule has 1 aliphatic heterocycles. The lowest BCUT2D eigenvalue weighted by atomic mass is 9.94. The van der Waals surface area contributed by atoms with E-state index in [-0.39, 0.29) is 38.9 Å². The molecule has 1 saturated carbocycles. The van der Waals surface area contributed by atoms with Crippen molar-refractivity contribution in [3.05, 3.63) is 0 Å². The molecule has 2 atom stereocenters. The van der Waals surface area contributed by atoms with Gasteiger partial charge in [-0.25, -0.2) is 0 Å². The summed E-state index contributed by atoms with van der Waals surface area (Å²) in [5.74, 6) is -4.78. The minimum absolute atomic E-state index is 0.0331. The molecule has 0 aromatic heterocycles. The quantitative estimate of drug-likeness (QED) is 0.415. The average Bonchev–Trinajstić information content (AvgIpc) is 2.78. The molecule has 1 spiro atoms. The van der Waals surface area contributed by atoms with Gasteiger partial charge in [-0.3, -0.25) is 9.59 Å².